The summed E-state index contributed by atoms with van der Waals surface area (Å²) >= 11 is 35.5. The van der Waals surface area contributed by atoms with Gasteiger partial charge in [-0.2, -0.15) is 0 Å². The zero-order valence-electron chi connectivity index (χ0n) is 29.3. The van der Waals surface area contributed by atoms with Gasteiger partial charge in [-0.25, -0.2) is 0 Å². The summed E-state index contributed by atoms with van der Waals surface area (Å²) in [6, 6.07) is 20.2. The molecule has 57 heavy (non-hydrogen) atoms. The molecule has 5 atom stereocenters. The molecule has 21 heteroatoms. The van der Waals surface area contributed by atoms with Gasteiger partial charge in [0.05, 0.1) is 23.7 Å². The molecule has 2 aliphatic rings. The van der Waals surface area contributed by atoms with Gasteiger partial charge in [0.1, 0.15) is 36.5 Å². The highest BCUT2D eigenvalue weighted by atomic mass is 35.6. The summed E-state index contributed by atoms with van der Waals surface area (Å²) in [7, 11) is 0. The Kier molecular flexibility index (Phi) is 15.0. The number of carbonyl (C=O) groups is 4. The van der Waals surface area contributed by atoms with Crippen molar-refractivity contribution in [3.63, 3.8) is 0 Å². The Bertz CT molecular complexity index is 1970. The summed E-state index contributed by atoms with van der Waals surface area (Å²) in [5, 5.41) is 22.3. The molecule has 3 aromatic rings. The second-order valence-corrected chi connectivity index (χ2v) is 17.1. The molecule has 0 aromatic heterocycles. The molecule has 1 saturated heterocycles. The Labute approximate surface area is 355 Å². The predicted molar refractivity (Wildman–Crippen MR) is 209 cm³/mol. The molecule has 304 valence electrons. The molecule has 1 fully saturated rings. The molecule has 2 heterocycles. The Morgan fingerprint density at radius 1 is 0.842 bits per heavy atom. The number of nitro benzene ring substituents is 1. The fourth-order valence-corrected chi connectivity index (χ4v) is 6.24. The number of amides is 3. The van der Waals surface area contributed by atoms with Gasteiger partial charge < -0.3 is 29.0 Å². The van der Waals surface area contributed by atoms with E-state index in [2.05, 4.69) is 5.32 Å². The highest BCUT2D eigenvalue weighted by molar-refractivity contribution is 6.76. The number of alkyl halides is 6. The van der Waals surface area contributed by atoms with Gasteiger partial charge in [0.25, 0.3) is 31.0 Å². The molecule has 15 nitrogen and oxygen atoms in total. The first-order chi connectivity index (χ1) is 27.0. The lowest BCUT2D eigenvalue weighted by Crippen LogP contribution is -2.67. The molecule has 0 saturated carbocycles. The van der Waals surface area contributed by atoms with Crippen LogP contribution in [-0.4, -0.2) is 90.8 Å². The van der Waals surface area contributed by atoms with E-state index < -0.39 is 85.0 Å². The maximum absolute atomic E-state index is 13.1. The van der Waals surface area contributed by atoms with Crippen LogP contribution in [0.25, 0.3) is 0 Å². The van der Waals surface area contributed by atoms with Crippen molar-refractivity contribution in [1.29, 1.82) is 5.41 Å². The van der Waals surface area contributed by atoms with E-state index >= 15 is 0 Å². The molecule has 3 amide bonds. The van der Waals surface area contributed by atoms with E-state index in [1.807, 2.05) is 6.07 Å². The van der Waals surface area contributed by atoms with Crippen molar-refractivity contribution in [3.05, 3.63) is 111 Å². The van der Waals surface area contributed by atoms with Crippen LogP contribution in [0.1, 0.15) is 44.7 Å². The SMILES string of the molecule is N=C(O[C@H]1O[C@H](COC(=O)CCCN2C(=O)c3cccc([N+](=O)[O-])c3C2=O)[C@@H](OCc2ccccc2)[C@H](OCc2ccccc2)[C@H]1NC(=O)C(Cl)(Cl)Cl)C(Cl)(Cl)Cl. The van der Waals surface area contributed by atoms with Crippen LogP contribution in [0, 0.1) is 15.5 Å². The van der Waals surface area contributed by atoms with E-state index in [0.29, 0.717) is 5.56 Å². The molecule has 2 N–H and O–H groups in total. The summed E-state index contributed by atoms with van der Waals surface area (Å²) in [6.45, 7) is -0.840. The normalized spacial score (nSPS) is 20.8. The number of nitrogens with one attached hydrogen (secondary N) is 2. The van der Waals surface area contributed by atoms with Crippen molar-refractivity contribution in [2.24, 2.45) is 0 Å². The first kappa shape index (κ1) is 44.3. The number of nitrogens with zero attached hydrogens (tertiary/aromatic N) is 2. The van der Waals surface area contributed by atoms with E-state index in [1.165, 1.54) is 12.1 Å². The fraction of sp³-hybridized carbons (Fsp3) is 0.361. The van der Waals surface area contributed by atoms with E-state index in [4.69, 9.17) is 98.7 Å². The third kappa shape index (κ3) is 11.5. The van der Waals surface area contributed by atoms with Crippen molar-refractivity contribution >= 4 is 105 Å². The van der Waals surface area contributed by atoms with Gasteiger partial charge in [0, 0.05) is 19.0 Å². The van der Waals surface area contributed by atoms with Gasteiger partial charge in [-0.05, 0) is 23.6 Å². The Balaban J connectivity index is 1.38. The number of fused-ring (bicyclic) bond motifs is 1. The standard InChI is InChI=1S/C36H32Cl6N4O11/c37-35(38,39)33(43)57-32-27(44-34(50)36(40,41)42)29(55-18-21-11-5-2-6-12-21)28(54-17-20-9-3-1-4-10-20)24(56-32)19-53-25(47)15-8-16-45-30(48)22-13-7-14-23(46(51)52)26(22)31(45)49/h1-7,9-14,24,27-29,32,43H,8,15-19H2,(H,44,50)/t24-,27-,28-,29-,32-/m1/s1. The fourth-order valence-electron chi connectivity index (χ4n) is 5.94. The van der Waals surface area contributed by atoms with Gasteiger partial charge in [0.15, 0.2) is 0 Å². The molecular weight excluding hydrogens is 877 g/mol. The second-order valence-electron chi connectivity index (χ2n) is 12.5. The number of hydrogen-bond donors (Lipinski definition) is 2. The zero-order valence-corrected chi connectivity index (χ0v) is 33.8. The summed E-state index contributed by atoms with van der Waals surface area (Å²) in [5.41, 5.74) is 0.500. The molecule has 0 radical (unpaired) electrons. The lowest BCUT2D eigenvalue weighted by atomic mass is 9.95. The molecule has 3 aromatic carbocycles. The summed E-state index contributed by atoms with van der Waals surface area (Å²) in [4.78, 5) is 63.7. The number of esters is 1. The topological polar surface area (TPSA) is 197 Å². The van der Waals surface area contributed by atoms with Crippen LogP contribution in [0.4, 0.5) is 5.69 Å². The quantitative estimate of drug-likeness (QED) is 0.0316. The van der Waals surface area contributed by atoms with Crippen molar-refractivity contribution in [1.82, 2.24) is 10.2 Å². The largest absolute Gasteiger partial charge is 0.463 e. The van der Waals surface area contributed by atoms with Crippen molar-refractivity contribution in [2.45, 2.75) is 64.3 Å². The highest BCUT2D eigenvalue weighted by Crippen LogP contribution is 2.35. The molecule has 5 rings (SSSR count). The number of benzene rings is 3. The number of halogens is 6. The molecule has 2 aliphatic heterocycles. The third-order valence-electron chi connectivity index (χ3n) is 8.61. The van der Waals surface area contributed by atoms with Crippen LogP contribution >= 0.6 is 69.6 Å². The minimum Gasteiger partial charge on any atom is -0.463 e. The monoisotopic (exact) mass is 906 g/mol. The highest BCUT2D eigenvalue weighted by Gasteiger charge is 2.52. The number of nitro groups is 1. The molecular formula is C36H32Cl6N4O11. The minimum atomic E-state index is -2.48. The van der Waals surface area contributed by atoms with Gasteiger partial charge in [-0.1, -0.05) is 136 Å². The molecule has 0 unspecified atom stereocenters. The van der Waals surface area contributed by atoms with E-state index in [0.717, 1.165) is 16.5 Å². The van der Waals surface area contributed by atoms with Gasteiger partial charge in [-0.15, -0.1) is 0 Å². The van der Waals surface area contributed by atoms with Crippen LogP contribution < -0.4 is 5.32 Å². The minimum absolute atomic E-state index is 0.0242. The smallest absolute Gasteiger partial charge is 0.305 e. The van der Waals surface area contributed by atoms with E-state index in [9.17, 15) is 29.3 Å². The van der Waals surface area contributed by atoms with Crippen LogP contribution in [0.15, 0.2) is 78.9 Å². The first-order valence-electron chi connectivity index (χ1n) is 16.9. The van der Waals surface area contributed by atoms with Gasteiger partial charge >= 0.3 is 5.97 Å². The number of rotatable bonds is 15. The first-order valence-corrected chi connectivity index (χ1v) is 19.2. The van der Waals surface area contributed by atoms with Crippen LogP contribution in [0.3, 0.4) is 0 Å². The lowest BCUT2D eigenvalue weighted by Gasteiger charge is -2.46. The molecule has 0 bridgehead atoms. The Morgan fingerprint density at radius 2 is 1.44 bits per heavy atom. The lowest BCUT2D eigenvalue weighted by molar-refractivity contribution is -0.385. The maximum atomic E-state index is 13.1. The van der Waals surface area contributed by atoms with Crippen LogP contribution in [-0.2, 0) is 46.5 Å². The Morgan fingerprint density at radius 3 is 2.00 bits per heavy atom. The summed E-state index contributed by atoms with van der Waals surface area (Å²) in [5.74, 6) is -4.41. The van der Waals surface area contributed by atoms with E-state index in [-0.39, 0.29) is 43.7 Å². The van der Waals surface area contributed by atoms with Crippen molar-refractivity contribution in [3.8, 4) is 0 Å². The number of carbonyl (C=O) groups excluding carboxylic acids is 4. The van der Waals surface area contributed by atoms with Crippen LogP contribution in [0.2, 0.25) is 0 Å². The van der Waals surface area contributed by atoms with Gasteiger partial charge in [-0.3, -0.25) is 39.6 Å². The van der Waals surface area contributed by atoms with Crippen molar-refractivity contribution < 1.29 is 47.8 Å². The van der Waals surface area contributed by atoms with Crippen molar-refractivity contribution in [2.75, 3.05) is 13.2 Å². The number of imide groups is 1. The summed E-state index contributed by atoms with van der Waals surface area (Å²) < 4.78 is 25.3. The third-order valence-corrected chi connectivity index (χ3v) is 9.64. The Hall–Kier alpha value is -3.77. The average molecular weight is 909 g/mol. The number of ether oxygens (including phenoxy) is 5. The van der Waals surface area contributed by atoms with Gasteiger partial charge in [0.2, 0.25) is 12.2 Å². The average Bonchev–Trinajstić information content (AvgIpc) is 3.41. The van der Waals surface area contributed by atoms with E-state index in [1.54, 1.807) is 54.6 Å². The maximum Gasteiger partial charge on any atom is 0.305 e. The zero-order chi connectivity index (χ0) is 41.5. The predicted octanol–water partition coefficient (Wildman–Crippen LogP) is 6.63. The number of hydrogen-bond acceptors (Lipinski definition) is 12. The van der Waals surface area contributed by atoms with Crippen LogP contribution in [0.5, 0.6) is 0 Å². The molecule has 0 spiro atoms. The second kappa shape index (κ2) is 19.3. The summed E-state index contributed by atoms with van der Waals surface area (Å²) in [6.07, 6.45) is -5.71. The molecule has 0 aliphatic carbocycles.